The van der Waals surface area contributed by atoms with E-state index in [4.69, 9.17) is 0 Å². The maximum atomic E-state index is 11.7. The number of hydrogen-bond donors (Lipinski definition) is 1. The number of carbonyl (C=O) groups excluding carboxylic acids is 1. The first-order valence-electron chi connectivity index (χ1n) is 13.0. The molecule has 0 aromatic carbocycles. The van der Waals surface area contributed by atoms with E-state index in [0.29, 0.717) is 12.5 Å². The van der Waals surface area contributed by atoms with Gasteiger partial charge in [0, 0.05) is 12.5 Å². The number of carbonyl (C=O) groups is 1. The third kappa shape index (κ3) is 21.8. The van der Waals surface area contributed by atoms with Crippen molar-refractivity contribution < 1.29 is 4.79 Å². The lowest BCUT2D eigenvalue weighted by Gasteiger charge is -2.10. The van der Waals surface area contributed by atoms with E-state index in [1.807, 2.05) is 0 Å². The zero-order valence-electron chi connectivity index (χ0n) is 19.8. The van der Waals surface area contributed by atoms with Crippen LogP contribution in [0.4, 0.5) is 0 Å². The van der Waals surface area contributed by atoms with Gasteiger partial charge in [-0.2, -0.15) is 0 Å². The minimum Gasteiger partial charge on any atom is -0.354 e. The quantitative estimate of drug-likeness (QED) is 0.182. The summed E-state index contributed by atoms with van der Waals surface area (Å²) in [7, 11) is 0. The highest BCUT2D eigenvalue weighted by molar-refractivity contribution is 5.76. The number of hydrogen-bond acceptors (Lipinski definition) is 1. The van der Waals surface area contributed by atoms with Crippen molar-refractivity contribution in [2.75, 3.05) is 0 Å². The van der Waals surface area contributed by atoms with E-state index in [9.17, 15) is 4.79 Å². The normalized spacial score (nSPS) is 12.2. The summed E-state index contributed by atoms with van der Waals surface area (Å²) in [5.41, 5.74) is 0. The van der Waals surface area contributed by atoms with Crippen molar-refractivity contribution in [2.24, 2.45) is 0 Å². The van der Waals surface area contributed by atoms with Crippen molar-refractivity contribution in [2.45, 2.75) is 162 Å². The van der Waals surface area contributed by atoms with Gasteiger partial charge in [0.1, 0.15) is 0 Å². The predicted molar refractivity (Wildman–Crippen MR) is 126 cm³/mol. The molecule has 0 rings (SSSR count). The van der Waals surface area contributed by atoms with E-state index in [1.54, 1.807) is 0 Å². The van der Waals surface area contributed by atoms with Crippen molar-refractivity contribution in [3.8, 4) is 0 Å². The first-order chi connectivity index (χ1) is 13.7. The third-order valence-electron chi connectivity index (χ3n) is 6.03. The first kappa shape index (κ1) is 27.5. The van der Waals surface area contributed by atoms with Crippen LogP contribution in [0.15, 0.2) is 0 Å². The lowest BCUT2D eigenvalue weighted by molar-refractivity contribution is -0.121. The molecule has 28 heavy (non-hydrogen) atoms. The smallest absolute Gasteiger partial charge is 0.220 e. The minimum atomic E-state index is 0.237. The third-order valence-corrected chi connectivity index (χ3v) is 6.03. The van der Waals surface area contributed by atoms with Gasteiger partial charge in [-0.05, 0) is 19.8 Å². The van der Waals surface area contributed by atoms with Gasteiger partial charge >= 0.3 is 0 Å². The summed E-state index contributed by atoms with van der Waals surface area (Å²) in [6.07, 6.45) is 28.2. The molecule has 0 aliphatic carbocycles. The van der Waals surface area contributed by atoms with Crippen LogP contribution in [0.5, 0.6) is 0 Å². The molecule has 0 spiro atoms. The van der Waals surface area contributed by atoms with Gasteiger partial charge in [0.25, 0.3) is 0 Å². The van der Waals surface area contributed by atoms with Crippen molar-refractivity contribution in [1.29, 1.82) is 0 Å². The standard InChI is InChI=1S/C26H53NO/c1-4-6-7-8-9-10-11-12-13-14-15-16-17-18-19-20-21-22-23-24-26(28)27-25(3)5-2/h25H,4-24H2,1-3H3,(H,27,28). The lowest BCUT2D eigenvalue weighted by Crippen LogP contribution is -2.31. The zero-order valence-corrected chi connectivity index (χ0v) is 19.8. The van der Waals surface area contributed by atoms with Crippen molar-refractivity contribution >= 4 is 5.91 Å². The van der Waals surface area contributed by atoms with Gasteiger partial charge in [-0.1, -0.05) is 129 Å². The highest BCUT2D eigenvalue weighted by atomic mass is 16.1. The van der Waals surface area contributed by atoms with E-state index >= 15 is 0 Å². The van der Waals surface area contributed by atoms with Gasteiger partial charge in [0.2, 0.25) is 5.91 Å². The van der Waals surface area contributed by atoms with Crippen LogP contribution in [-0.2, 0) is 4.79 Å². The first-order valence-corrected chi connectivity index (χ1v) is 13.0. The molecule has 0 radical (unpaired) electrons. The van der Waals surface area contributed by atoms with Crippen LogP contribution in [0.3, 0.4) is 0 Å². The maximum Gasteiger partial charge on any atom is 0.220 e. The molecule has 0 aliphatic heterocycles. The summed E-state index contributed by atoms with van der Waals surface area (Å²) in [5, 5.41) is 3.05. The molecule has 0 aromatic heterocycles. The highest BCUT2D eigenvalue weighted by Gasteiger charge is 2.04. The molecule has 0 saturated heterocycles. The van der Waals surface area contributed by atoms with Crippen LogP contribution in [-0.4, -0.2) is 11.9 Å². The summed E-state index contributed by atoms with van der Waals surface area (Å²) < 4.78 is 0. The van der Waals surface area contributed by atoms with Gasteiger partial charge in [0.05, 0.1) is 0 Å². The van der Waals surface area contributed by atoms with Crippen LogP contribution >= 0.6 is 0 Å². The Kier molecular flexibility index (Phi) is 22.3. The molecular weight excluding hydrogens is 342 g/mol. The van der Waals surface area contributed by atoms with Crippen LogP contribution in [0.1, 0.15) is 156 Å². The topological polar surface area (TPSA) is 29.1 Å². The van der Waals surface area contributed by atoms with Gasteiger partial charge in [-0.15, -0.1) is 0 Å². The van der Waals surface area contributed by atoms with Crippen LogP contribution in [0.2, 0.25) is 0 Å². The second kappa shape index (κ2) is 22.8. The molecule has 1 amide bonds. The molecule has 1 unspecified atom stereocenters. The summed E-state index contributed by atoms with van der Waals surface area (Å²) in [4.78, 5) is 11.7. The molecule has 0 aromatic rings. The van der Waals surface area contributed by atoms with E-state index in [1.165, 1.54) is 116 Å². The molecule has 0 fully saturated rings. The van der Waals surface area contributed by atoms with E-state index in [-0.39, 0.29) is 5.91 Å². The minimum absolute atomic E-state index is 0.237. The zero-order chi connectivity index (χ0) is 20.7. The Bertz CT molecular complexity index is 316. The summed E-state index contributed by atoms with van der Waals surface area (Å²) in [6.45, 7) is 6.48. The second-order valence-corrected chi connectivity index (χ2v) is 8.99. The average molecular weight is 396 g/mol. The number of rotatable bonds is 22. The van der Waals surface area contributed by atoms with Gasteiger partial charge in [0.15, 0.2) is 0 Å². The number of amides is 1. The van der Waals surface area contributed by atoms with Gasteiger partial charge < -0.3 is 5.32 Å². The highest BCUT2D eigenvalue weighted by Crippen LogP contribution is 2.14. The molecule has 0 heterocycles. The van der Waals surface area contributed by atoms with E-state index < -0.39 is 0 Å². The molecule has 0 aliphatic rings. The molecule has 1 atom stereocenters. The Morgan fingerprint density at radius 1 is 0.571 bits per heavy atom. The number of nitrogens with one attached hydrogen (secondary N) is 1. The SMILES string of the molecule is CCCCCCCCCCCCCCCCCCCCCC(=O)NC(C)CC. The van der Waals surface area contributed by atoms with Crippen LogP contribution in [0, 0.1) is 0 Å². The predicted octanol–water partition coefficient (Wildman–Crippen LogP) is 8.72. The Morgan fingerprint density at radius 2 is 0.893 bits per heavy atom. The molecule has 2 heteroatoms. The second-order valence-electron chi connectivity index (χ2n) is 8.99. The fraction of sp³-hybridized carbons (Fsp3) is 0.962. The lowest BCUT2D eigenvalue weighted by atomic mass is 10.0. The summed E-state index contributed by atoms with van der Waals surface area (Å²) >= 11 is 0. The van der Waals surface area contributed by atoms with E-state index in [2.05, 4.69) is 26.1 Å². The molecule has 0 bridgehead atoms. The van der Waals surface area contributed by atoms with Gasteiger partial charge in [-0.25, -0.2) is 0 Å². The molecule has 1 N–H and O–H groups in total. The Morgan fingerprint density at radius 3 is 1.21 bits per heavy atom. The Hall–Kier alpha value is -0.530. The number of unbranched alkanes of at least 4 members (excludes halogenated alkanes) is 18. The molecule has 2 nitrogen and oxygen atoms in total. The Labute approximate surface area is 178 Å². The molecule has 168 valence electrons. The largest absolute Gasteiger partial charge is 0.354 e. The van der Waals surface area contributed by atoms with Gasteiger partial charge in [-0.3, -0.25) is 4.79 Å². The summed E-state index contributed by atoms with van der Waals surface area (Å²) in [5.74, 6) is 0.237. The fourth-order valence-corrected chi connectivity index (χ4v) is 3.81. The molecular formula is C26H53NO. The monoisotopic (exact) mass is 395 g/mol. The van der Waals surface area contributed by atoms with Crippen molar-refractivity contribution in [1.82, 2.24) is 5.32 Å². The van der Waals surface area contributed by atoms with Crippen molar-refractivity contribution in [3.63, 3.8) is 0 Å². The molecule has 0 saturated carbocycles. The Balaban J connectivity index is 3.09. The van der Waals surface area contributed by atoms with E-state index in [0.717, 1.165) is 12.8 Å². The average Bonchev–Trinajstić information content (AvgIpc) is 2.69. The van der Waals surface area contributed by atoms with Crippen LogP contribution in [0.25, 0.3) is 0 Å². The fourth-order valence-electron chi connectivity index (χ4n) is 3.81. The maximum absolute atomic E-state index is 11.7. The van der Waals surface area contributed by atoms with Crippen LogP contribution < -0.4 is 5.32 Å². The summed E-state index contributed by atoms with van der Waals surface area (Å²) in [6, 6.07) is 0.327. The van der Waals surface area contributed by atoms with Crippen molar-refractivity contribution in [3.05, 3.63) is 0 Å².